The Morgan fingerprint density at radius 3 is 2.37 bits per heavy atom. The molecule has 1 aromatic carbocycles. The molecule has 0 amide bonds. The van der Waals surface area contributed by atoms with E-state index in [2.05, 4.69) is 18.8 Å². The number of nitrogens with zero attached hydrogens (tertiary/aromatic N) is 2. The summed E-state index contributed by atoms with van der Waals surface area (Å²) in [6.07, 6.45) is 3.21. The number of nitro groups is 1. The lowest BCUT2D eigenvalue weighted by atomic mass is 9.82. The normalized spacial score (nSPS) is 21.1. The van der Waals surface area contributed by atoms with Crippen LogP contribution in [0.3, 0.4) is 0 Å². The van der Waals surface area contributed by atoms with Crippen LogP contribution in [0.5, 0.6) is 11.6 Å². The summed E-state index contributed by atoms with van der Waals surface area (Å²) in [6, 6.07) is 8.34. The smallest absolute Gasteiger partial charge is 0.373 e. The van der Waals surface area contributed by atoms with Gasteiger partial charge in [-0.05, 0) is 56.6 Å². The van der Waals surface area contributed by atoms with Crippen molar-refractivity contribution in [3.63, 3.8) is 0 Å². The predicted octanol–water partition coefficient (Wildman–Crippen LogP) is 5.28. The van der Waals surface area contributed by atoms with Crippen molar-refractivity contribution in [3.05, 3.63) is 57.3 Å². The number of esters is 1. The van der Waals surface area contributed by atoms with Crippen LogP contribution < -0.4 is 9.47 Å². The molecule has 0 N–H and O–H groups in total. The van der Waals surface area contributed by atoms with E-state index >= 15 is 0 Å². The van der Waals surface area contributed by atoms with E-state index in [-0.39, 0.29) is 23.4 Å². The predicted molar refractivity (Wildman–Crippen MR) is 113 cm³/mol. The summed E-state index contributed by atoms with van der Waals surface area (Å²) in [5.74, 6) is 0.135. The molecule has 1 aliphatic rings. The number of aryl methyl sites for hydroxylation is 1. The Bertz CT molecular complexity index is 919. The van der Waals surface area contributed by atoms with Gasteiger partial charge in [-0.2, -0.15) is 0 Å². The van der Waals surface area contributed by atoms with Crippen LogP contribution in [-0.4, -0.2) is 22.0 Å². The van der Waals surface area contributed by atoms with Crippen molar-refractivity contribution >= 4 is 11.7 Å². The van der Waals surface area contributed by atoms with Gasteiger partial charge in [-0.25, -0.2) is 9.78 Å². The fourth-order valence-electron chi connectivity index (χ4n) is 4.31. The van der Waals surface area contributed by atoms with Gasteiger partial charge in [0, 0.05) is 11.3 Å². The number of pyridine rings is 1. The molecule has 1 aromatic heterocycles. The molecule has 160 valence electrons. The topological polar surface area (TPSA) is 91.6 Å². The summed E-state index contributed by atoms with van der Waals surface area (Å²) in [5, 5.41) is 12.0. The maximum absolute atomic E-state index is 12.5. The number of carbonyl (C=O) groups is 1. The van der Waals surface area contributed by atoms with Crippen LogP contribution in [0.1, 0.15) is 61.6 Å². The lowest BCUT2D eigenvalue weighted by Gasteiger charge is -2.32. The number of hydrogen-bond acceptors (Lipinski definition) is 6. The van der Waals surface area contributed by atoms with E-state index in [1.54, 1.807) is 37.3 Å². The Morgan fingerprint density at radius 2 is 1.80 bits per heavy atom. The summed E-state index contributed by atoms with van der Waals surface area (Å²) in [7, 11) is 0. The van der Waals surface area contributed by atoms with Gasteiger partial charge >= 0.3 is 17.5 Å². The zero-order valence-electron chi connectivity index (χ0n) is 17.9. The molecule has 1 heterocycles. The van der Waals surface area contributed by atoms with Gasteiger partial charge in [0.05, 0.1) is 16.6 Å². The van der Waals surface area contributed by atoms with E-state index in [0.29, 0.717) is 35.1 Å². The van der Waals surface area contributed by atoms with Crippen LogP contribution in [-0.2, 0) is 6.42 Å². The number of benzene rings is 1. The molecule has 1 fully saturated rings. The van der Waals surface area contributed by atoms with Crippen molar-refractivity contribution in [2.24, 2.45) is 11.8 Å². The Hall–Kier alpha value is -2.96. The molecule has 7 heteroatoms. The lowest BCUT2D eigenvalue weighted by Crippen LogP contribution is -2.29. The minimum atomic E-state index is -0.694. The number of carbonyl (C=O) groups excluding carboxylic acids is 1. The Labute approximate surface area is 176 Å². The molecule has 0 spiro atoms. The number of aromatic nitrogens is 1. The summed E-state index contributed by atoms with van der Waals surface area (Å²) in [6.45, 7) is 8.00. The van der Waals surface area contributed by atoms with Crippen LogP contribution in [0.4, 0.5) is 5.69 Å². The Kier molecular flexibility index (Phi) is 6.70. The number of rotatable bonds is 6. The second-order valence-corrected chi connectivity index (χ2v) is 8.18. The zero-order valence-corrected chi connectivity index (χ0v) is 17.9. The highest BCUT2D eigenvalue weighted by molar-refractivity contribution is 5.91. The number of hydrogen-bond donors (Lipinski definition) is 0. The van der Waals surface area contributed by atoms with E-state index < -0.39 is 10.9 Å². The standard InChI is InChI=1S/C23H28N2O5/c1-5-19-16(4)24-22(30-23(26)17-9-7-6-8-10-17)20(25(27)28)21(19)29-18-12-14(2)11-15(3)13-18/h6-10,14-15,18H,5,11-13H2,1-4H3. The Morgan fingerprint density at radius 1 is 1.17 bits per heavy atom. The molecule has 2 aromatic rings. The molecule has 1 saturated carbocycles. The molecule has 3 rings (SSSR count). The summed E-state index contributed by atoms with van der Waals surface area (Å²) < 4.78 is 11.6. The highest BCUT2D eigenvalue weighted by Crippen LogP contribution is 2.42. The second kappa shape index (κ2) is 9.24. The minimum absolute atomic E-state index is 0.118. The van der Waals surface area contributed by atoms with Crippen molar-refractivity contribution in [3.8, 4) is 11.6 Å². The van der Waals surface area contributed by atoms with E-state index in [1.807, 2.05) is 6.92 Å². The minimum Gasteiger partial charge on any atom is -0.483 e. The van der Waals surface area contributed by atoms with E-state index in [1.165, 1.54) is 0 Å². The van der Waals surface area contributed by atoms with Gasteiger partial charge in [0.2, 0.25) is 5.75 Å². The average Bonchev–Trinajstić information content (AvgIpc) is 2.67. The van der Waals surface area contributed by atoms with Gasteiger partial charge in [-0.1, -0.05) is 39.0 Å². The van der Waals surface area contributed by atoms with Gasteiger partial charge in [0.25, 0.3) is 0 Å². The van der Waals surface area contributed by atoms with E-state index in [4.69, 9.17) is 9.47 Å². The molecule has 1 aliphatic carbocycles. The fourth-order valence-corrected chi connectivity index (χ4v) is 4.31. The average molecular weight is 412 g/mol. The van der Waals surface area contributed by atoms with Crippen LogP contribution in [0.25, 0.3) is 0 Å². The first-order valence-corrected chi connectivity index (χ1v) is 10.4. The molecule has 0 aliphatic heterocycles. The van der Waals surface area contributed by atoms with Crippen LogP contribution >= 0.6 is 0 Å². The molecular formula is C23H28N2O5. The first-order valence-electron chi connectivity index (χ1n) is 10.4. The highest BCUT2D eigenvalue weighted by atomic mass is 16.6. The van der Waals surface area contributed by atoms with Gasteiger partial charge < -0.3 is 9.47 Å². The van der Waals surface area contributed by atoms with Gasteiger partial charge in [0.15, 0.2) is 0 Å². The fraction of sp³-hybridized carbons (Fsp3) is 0.478. The first-order chi connectivity index (χ1) is 14.3. The number of ether oxygens (including phenoxy) is 2. The van der Waals surface area contributed by atoms with Gasteiger partial charge in [-0.3, -0.25) is 10.1 Å². The van der Waals surface area contributed by atoms with Crippen molar-refractivity contribution < 1.29 is 19.2 Å². The van der Waals surface area contributed by atoms with Crippen molar-refractivity contribution in [1.82, 2.24) is 4.98 Å². The largest absolute Gasteiger partial charge is 0.483 e. The van der Waals surface area contributed by atoms with Gasteiger partial charge in [-0.15, -0.1) is 0 Å². The maximum Gasteiger partial charge on any atom is 0.373 e. The van der Waals surface area contributed by atoms with Gasteiger partial charge in [0.1, 0.15) is 0 Å². The molecule has 0 saturated heterocycles. The first kappa shape index (κ1) is 21.7. The Balaban J connectivity index is 2.01. The van der Waals surface area contributed by atoms with Crippen molar-refractivity contribution in [1.29, 1.82) is 0 Å². The third-order valence-electron chi connectivity index (χ3n) is 5.55. The van der Waals surface area contributed by atoms with Crippen LogP contribution in [0, 0.1) is 28.9 Å². The molecule has 7 nitrogen and oxygen atoms in total. The van der Waals surface area contributed by atoms with Crippen molar-refractivity contribution in [2.75, 3.05) is 0 Å². The van der Waals surface area contributed by atoms with E-state index in [0.717, 1.165) is 19.3 Å². The third kappa shape index (κ3) is 4.78. The molecule has 2 atom stereocenters. The second-order valence-electron chi connectivity index (χ2n) is 8.18. The lowest BCUT2D eigenvalue weighted by molar-refractivity contribution is -0.387. The molecule has 30 heavy (non-hydrogen) atoms. The van der Waals surface area contributed by atoms with Crippen LogP contribution in [0.15, 0.2) is 30.3 Å². The summed E-state index contributed by atoms with van der Waals surface area (Å²) in [4.78, 5) is 28.2. The third-order valence-corrected chi connectivity index (χ3v) is 5.55. The quantitative estimate of drug-likeness (QED) is 0.364. The maximum atomic E-state index is 12.5. The van der Waals surface area contributed by atoms with Crippen molar-refractivity contribution in [2.45, 2.75) is 59.5 Å². The SMILES string of the molecule is CCc1c(C)nc(OC(=O)c2ccccc2)c([N+](=O)[O-])c1OC1CC(C)CC(C)C1. The molecule has 2 unspecified atom stereocenters. The molecule has 0 bridgehead atoms. The molecular weight excluding hydrogens is 384 g/mol. The summed E-state index contributed by atoms with van der Waals surface area (Å²) in [5.41, 5.74) is 1.15. The molecule has 0 radical (unpaired) electrons. The summed E-state index contributed by atoms with van der Waals surface area (Å²) >= 11 is 0. The van der Waals surface area contributed by atoms with Crippen LogP contribution in [0.2, 0.25) is 0 Å². The highest BCUT2D eigenvalue weighted by Gasteiger charge is 2.34. The van der Waals surface area contributed by atoms with E-state index in [9.17, 15) is 14.9 Å². The zero-order chi connectivity index (χ0) is 21.8. The monoisotopic (exact) mass is 412 g/mol.